The van der Waals surface area contributed by atoms with Gasteiger partial charge in [0.25, 0.3) is 0 Å². The topological polar surface area (TPSA) is 70.4 Å². The molecule has 0 aliphatic carbocycles. The van der Waals surface area contributed by atoms with Crippen LogP contribution in [-0.2, 0) is 6.54 Å². The maximum absolute atomic E-state index is 12.3. The Balaban J connectivity index is 1.62. The molecule has 0 saturated carbocycles. The molecule has 1 saturated heterocycles. The zero-order chi connectivity index (χ0) is 16.2. The first kappa shape index (κ1) is 15.6. The third-order valence-electron chi connectivity index (χ3n) is 4.29. The zero-order valence-electron chi connectivity index (χ0n) is 13.2. The average Bonchev–Trinajstić information content (AvgIpc) is 3.03. The van der Waals surface area contributed by atoms with Crippen LogP contribution in [0.15, 0.2) is 42.7 Å². The molecule has 2 atom stereocenters. The third kappa shape index (κ3) is 3.90. The van der Waals surface area contributed by atoms with E-state index in [1.165, 1.54) is 0 Å². The minimum Gasteiger partial charge on any atom is -0.391 e. The number of β-amino-alcohol motifs (C(OH)–C–C–N with tert-alkyl or cyclic N) is 1. The normalized spacial score (nSPS) is 21.2. The molecule has 0 bridgehead atoms. The van der Waals surface area contributed by atoms with E-state index in [1.807, 2.05) is 48.1 Å². The summed E-state index contributed by atoms with van der Waals surface area (Å²) in [6.07, 6.45) is 4.03. The number of nitrogens with one attached hydrogen (secondary N) is 1. The molecule has 0 radical (unpaired) electrons. The molecule has 6 heteroatoms. The highest BCUT2D eigenvalue weighted by Gasteiger charge is 2.27. The fourth-order valence-electron chi connectivity index (χ4n) is 2.76. The van der Waals surface area contributed by atoms with E-state index in [0.717, 1.165) is 17.7 Å². The van der Waals surface area contributed by atoms with Crippen LogP contribution < -0.4 is 5.32 Å². The van der Waals surface area contributed by atoms with Crippen molar-refractivity contribution in [2.75, 3.05) is 18.4 Å². The highest BCUT2D eigenvalue weighted by atomic mass is 16.3. The van der Waals surface area contributed by atoms with Crippen LogP contribution in [0, 0.1) is 5.92 Å². The molecule has 2 aromatic rings. The van der Waals surface area contributed by atoms with Crippen molar-refractivity contribution in [1.29, 1.82) is 0 Å². The van der Waals surface area contributed by atoms with E-state index in [-0.39, 0.29) is 11.9 Å². The minimum absolute atomic E-state index is 0.160. The van der Waals surface area contributed by atoms with E-state index in [0.29, 0.717) is 19.6 Å². The molecule has 1 aliphatic rings. The van der Waals surface area contributed by atoms with E-state index in [1.54, 1.807) is 11.1 Å². The number of anilines is 1. The number of aliphatic hydroxyl groups is 1. The molecule has 2 N–H and O–H groups in total. The summed E-state index contributed by atoms with van der Waals surface area (Å²) < 4.78 is 1.84. The van der Waals surface area contributed by atoms with Crippen LogP contribution in [0.2, 0.25) is 0 Å². The summed E-state index contributed by atoms with van der Waals surface area (Å²) in [5, 5.41) is 17.0. The number of likely N-dealkylation sites (tertiary alicyclic amines) is 1. The molecule has 2 unspecified atom stereocenters. The second-order valence-electron chi connectivity index (χ2n) is 6.11. The number of benzene rings is 1. The van der Waals surface area contributed by atoms with Gasteiger partial charge in [0, 0.05) is 31.2 Å². The standard InChI is InChI=1S/C17H22N4O2/c1-13-6-9-20(12-16(13)22)17(23)19-15-5-2-4-14(10-15)11-21-8-3-7-18-21/h2-5,7-8,10,13,16,22H,6,9,11-12H2,1H3,(H,19,23). The van der Waals surface area contributed by atoms with Crippen LogP contribution in [-0.4, -0.2) is 45.0 Å². The number of carbonyl (C=O) groups is 1. The summed E-state index contributed by atoms with van der Waals surface area (Å²) in [6, 6.07) is 9.46. The molecule has 2 heterocycles. The minimum atomic E-state index is -0.444. The summed E-state index contributed by atoms with van der Waals surface area (Å²) in [7, 11) is 0. The summed E-state index contributed by atoms with van der Waals surface area (Å²) in [5.41, 5.74) is 1.83. The van der Waals surface area contributed by atoms with Crippen LogP contribution in [0.25, 0.3) is 0 Å². The molecule has 1 aliphatic heterocycles. The van der Waals surface area contributed by atoms with E-state index >= 15 is 0 Å². The summed E-state index contributed by atoms with van der Waals surface area (Å²) in [6.45, 7) is 3.74. The van der Waals surface area contributed by atoms with E-state index in [4.69, 9.17) is 0 Å². The van der Waals surface area contributed by atoms with Crippen LogP contribution >= 0.6 is 0 Å². The fraction of sp³-hybridized carbons (Fsp3) is 0.412. The SMILES string of the molecule is CC1CCN(C(=O)Nc2cccc(Cn3cccn3)c2)CC1O. The van der Waals surface area contributed by atoms with E-state index < -0.39 is 6.10 Å². The molecule has 3 rings (SSSR count). The number of rotatable bonds is 3. The van der Waals surface area contributed by atoms with Crippen molar-refractivity contribution in [3.63, 3.8) is 0 Å². The monoisotopic (exact) mass is 314 g/mol. The van der Waals surface area contributed by atoms with Gasteiger partial charge >= 0.3 is 6.03 Å². The Morgan fingerprint density at radius 2 is 2.30 bits per heavy atom. The molecule has 23 heavy (non-hydrogen) atoms. The quantitative estimate of drug-likeness (QED) is 0.912. The van der Waals surface area contributed by atoms with Gasteiger partial charge in [-0.05, 0) is 36.1 Å². The predicted molar refractivity (Wildman–Crippen MR) is 88.2 cm³/mol. The lowest BCUT2D eigenvalue weighted by atomic mass is 9.96. The number of hydrogen-bond donors (Lipinski definition) is 2. The van der Waals surface area contributed by atoms with Gasteiger partial charge in [0.2, 0.25) is 0 Å². The van der Waals surface area contributed by atoms with Gasteiger partial charge in [-0.15, -0.1) is 0 Å². The molecule has 1 fully saturated rings. The maximum Gasteiger partial charge on any atom is 0.321 e. The molecule has 1 aromatic heterocycles. The van der Waals surface area contributed by atoms with Crippen LogP contribution in [0.1, 0.15) is 18.9 Å². The largest absolute Gasteiger partial charge is 0.391 e. The maximum atomic E-state index is 12.3. The lowest BCUT2D eigenvalue weighted by Gasteiger charge is -2.34. The van der Waals surface area contributed by atoms with Crippen molar-refractivity contribution in [1.82, 2.24) is 14.7 Å². The smallest absolute Gasteiger partial charge is 0.321 e. The Morgan fingerprint density at radius 3 is 3.04 bits per heavy atom. The Morgan fingerprint density at radius 1 is 1.43 bits per heavy atom. The van der Waals surface area contributed by atoms with Crippen molar-refractivity contribution in [3.8, 4) is 0 Å². The second-order valence-corrected chi connectivity index (χ2v) is 6.11. The van der Waals surface area contributed by atoms with Gasteiger partial charge in [0.05, 0.1) is 12.6 Å². The lowest BCUT2D eigenvalue weighted by Crippen LogP contribution is -2.47. The van der Waals surface area contributed by atoms with Crippen molar-refractivity contribution in [2.24, 2.45) is 5.92 Å². The van der Waals surface area contributed by atoms with Gasteiger partial charge in [-0.1, -0.05) is 19.1 Å². The Hall–Kier alpha value is -2.34. The number of amides is 2. The molecule has 6 nitrogen and oxygen atoms in total. The summed E-state index contributed by atoms with van der Waals surface area (Å²) in [4.78, 5) is 14.0. The van der Waals surface area contributed by atoms with Crippen molar-refractivity contribution in [2.45, 2.75) is 26.0 Å². The lowest BCUT2D eigenvalue weighted by molar-refractivity contribution is 0.0464. The molecule has 1 aromatic carbocycles. The molecular weight excluding hydrogens is 292 g/mol. The van der Waals surface area contributed by atoms with E-state index in [9.17, 15) is 9.90 Å². The van der Waals surface area contributed by atoms with Gasteiger partial charge in [-0.25, -0.2) is 4.79 Å². The Labute approximate surface area is 135 Å². The molecule has 2 amide bonds. The van der Waals surface area contributed by atoms with Gasteiger partial charge < -0.3 is 15.3 Å². The predicted octanol–water partition coefficient (Wildman–Crippen LogP) is 2.17. The highest BCUT2D eigenvalue weighted by molar-refractivity contribution is 5.89. The Bertz CT molecular complexity index is 656. The van der Waals surface area contributed by atoms with Gasteiger partial charge in [0.1, 0.15) is 0 Å². The van der Waals surface area contributed by atoms with Crippen LogP contribution in [0.4, 0.5) is 10.5 Å². The van der Waals surface area contributed by atoms with Gasteiger partial charge in [-0.3, -0.25) is 4.68 Å². The van der Waals surface area contributed by atoms with Crippen molar-refractivity contribution in [3.05, 3.63) is 48.3 Å². The summed E-state index contributed by atoms with van der Waals surface area (Å²) in [5.74, 6) is 0.247. The molecule has 0 spiro atoms. The highest BCUT2D eigenvalue weighted by Crippen LogP contribution is 2.18. The number of aliphatic hydroxyl groups excluding tert-OH is 1. The number of aromatic nitrogens is 2. The van der Waals surface area contributed by atoms with Crippen LogP contribution in [0.3, 0.4) is 0 Å². The van der Waals surface area contributed by atoms with Gasteiger partial charge in [-0.2, -0.15) is 5.10 Å². The van der Waals surface area contributed by atoms with Crippen molar-refractivity contribution < 1.29 is 9.90 Å². The first-order chi connectivity index (χ1) is 11.1. The number of carbonyl (C=O) groups excluding carboxylic acids is 1. The second kappa shape index (κ2) is 6.83. The first-order valence-corrected chi connectivity index (χ1v) is 7.92. The third-order valence-corrected chi connectivity index (χ3v) is 4.29. The van der Waals surface area contributed by atoms with Crippen LogP contribution in [0.5, 0.6) is 0 Å². The summed E-state index contributed by atoms with van der Waals surface area (Å²) >= 11 is 0. The van der Waals surface area contributed by atoms with Gasteiger partial charge in [0.15, 0.2) is 0 Å². The number of nitrogens with zero attached hydrogens (tertiary/aromatic N) is 3. The zero-order valence-corrected chi connectivity index (χ0v) is 13.2. The average molecular weight is 314 g/mol. The number of piperidine rings is 1. The molecular formula is C17H22N4O2. The number of hydrogen-bond acceptors (Lipinski definition) is 3. The van der Waals surface area contributed by atoms with E-state index in [2.05, 4.69) is 10.4 Å². The number of urea groups is 1. The fourth-order valence-corrected chi connectivity index (χ4v) is 2.76. The van der Waals surface area contributed by atoms with Crippen molar-refractivity contribution >= 4 is 11.7 Å². The molecule has 122 valence electrons. The first-order valence-electron chi connectivity index (χ1n) is 7.92. The Kier molecular flexibility index (Phi) is 4.62.